The first-order valence-electron chi connectivity index (χ1n) is 7.03. The van der Waals surface area contributed by atoms with Gasteiger partial charge in [-0.15, -0.1) is 0 Å². The molecule has 2 aliphatic rings. The quantitative estimate of drug-likeness (QED) is 0.729. The number of hydrogen-bond acceptors (Lipinski definition) is 4. The Labute approximate surface area is 114 Å². The van der Waals surface area contributed by atoms with Crippen LogP contribution in [-0.4, -0.2) is 29.9 Å². The summed E-state index contributed by atoms with van der Waals surface area (Å²) < 4.78 is 5.95. The summed E-state index contributed by atoms with van der Waals surface area (Å²) in [6.07, 6.45) is 2.48. The lowest BCUT2D eigenvalue weighted by Crippen LogP contribution is -2.45. The molecule has 19 heavy (non-hydrogen) atoms. The molecule has 1 saturated heterocycles. The van der Waals surface area contributed by atoms with Gasteiger partial charge in [0.2, 0.25) is 0 Å². The summed E-state index contributed by atoms with van der Waals surface area (Å²) in [4.78, 5) is 7.13. The smallest absolute Gasteiger partial charge is 0.153 e. The van der Waals surface area contributed by atoms with Gasteiger partial charge in [-0.25, -0.2) is 4.99 Å². The number of anilines is 1. The van der Waals surface area contributed by atoms with Crippen LogP contribution < -0.4 is 10.5 Å². The number of benzene rings is 1. The molecule has 1 fully saturated rings. The van der Waals surface area contributed by atoms with E-state index < -0.39 is 0 Å². The molecule has 0 aliphatic carbocycles. The summed E-state index contributed by atoms with van der Waals surface area (Å²) in [5.41, 5.74) is 7.40. The summed E-state index contributed by atoms with van der Waals surface area (Å²) in [5, 5.41) is 0. The van der Waals surface area contributed by atoms with E-state index in [2.05, 4.69) is 18.7 Å². The van der Waals surface area contributed by atoms with Crippen LogP contribution in [0.25, 0.3) is 0 Å². The topological polar surface area (TPSA) is 50.8 Å². The highest BCUT2D eigenvalue weighted by Gasteiger charge is 2.27. The van der Waals surface area contributed by atoms with Crippen molar-refractivity contribution in [2.45, 2.75) is 32.8 Å². The summed E-state index contributed by atoms with van der Waals surface area (Å²) in [5.74, 6) is 2.69. The largest absolute Gasteiger partial charge is 0.481 e. The number of hydrogen-bond donors (Lipinski definition) is 1. The van der Waals surface area contributed by atoms with E-state index in [9.17, 15) is 0 Å². The number of aliphatic imine (C=N–C) groups is 1. The second-order valence-electron chi connectivity index (χ2n) is 5.63. The molecule has 0 radical (unpaired) electrons. The predicted octanol–water partition coefficient (Wildman–Crippen LogP) is 2.81. The van der Waals surface area contributed by atoms with Crippen LogP contribution in [0.4, 0.5) is 11.4 Å². The van der Waals surface area contributed by atoms with E-state index in [0.717, 1.165) is 42.0 Å². The van der Waals surface area contributed by atoms with Gasteiger partial charge in [-0.05, 0) is 43.9 Å². The van der Waals surface area contributed by atoms with Crippen molar-refractivity contribution in [2.75, 3.05) is 18.8 Å². The van der Waals surface area contributed by atoms with Gasteiger partial charge in [-0.3, -0.25) is 0 Å². The van der Waals surface area contributed by atoms with Gasteiger partial charge in [0.1, 0.15) is 17.3 Å². The van der Waals surface area contributed by atoms with Crippen LogP contribution in [0, 0.1) is 5.92 Å². The first kappa shape index (κ1) is 12.3. The average molecular weight is 259 g/mol. The normalized spacial score (nSPS) is 23.6. The Morgan fingerprint density at radius 3 is 2.74 bits per heavy atom. The molecule has 0 amide bonds. The molecule has 1 unspecified atom stereocenters. The zero-order chi connectivity index (χ0) is 13.4. The summed E-state index contributed by atoms with van der Waals surface area (Å²) >= 11 is 0. The number of nitrogens with two attached hydrogens (primary N) is 1. The molecule has 4 nitrogen and oxygen atoms in total. The molecule has 1 aromatic carbocycles. The van der Waals surface area contributed by atoms with Crippen molar-refractivity contribution in [3.63, 3.8) is 0 Å². The minimum absolute atomic E-state index is 0.0181. The van der Waals surface area contributed by atoms with E-state index in [0.29, 0.717) is 0 Å². The Balaban J connectivity index is 1.88. The predicted molar refractivity (Wildman–Crippen MR) is 78.0 cm³/mol. The summed E-state index contributed by atoms with van der Waals surface area (Å²) in [6.45, 7) is 6.53. The third-order valence-electron chi connectivity index (χ3n) is 3.99. The van der Waals surface area contributed by atoms with Crippen LogP contribution in [0.15, 0.2) is 23.2 Å². The van der Waals surface area contributed by atoms with Gasteiger partial charge in [0.05, 0.1) is 0 Å². The van der Waals surface area contributed by atoms with Crippen molar-refractivity contribution in [3.05, 3.63) is 18.2 Å². The first-order valence-corrected chi connectivity index (χ1v) is 7.03. The van der Waals surface area contributed by atoms with E-state index in [1.54, 1.807) is 0 Å². The fraction of sp³-hybridized carbons (Fsp3) is 0.533. The zero-order valence-electron chi connectivity index (χ0n) is 11.6. The van der Waals surface area contributed by atoms with Crippen molar-refractivity contribution in [1.29, 1.82) is 0 Å². The molecule has 0 saturated carbocycles. The third kappa shape index (κ3) is 2.39. The molecular formula is C15H21N3O. The van der Waals surface area contributed by atoms with E-state index in [-0.39, 0.29) is 6.10 Å². The summed E-state index contributed by atoms with van der Waals surface area (Å²) in [6, 6.07) is 5.64. The highest BCUT2D eigenvalue weighted by Crippen LogP contribution is 2.35. The van der Waals surface area contributed by atoms with Crippen LogP contribution >= 0.6 is 0 Å². The fourth-order valence-corrected chi connectivity index (χ4v) is 2.74. The molecule has 0 spiro atoms. The van der Waals surface area contributed by atoms with Crippen LogP contribution in [0.5, 0.6) is 5.75 Å². The standard InChI is InChI=1S/C15H21N3O/c1-10-5-7-18(8-6-10)15-11(2)19-14-4-3-12(16)9-13(14)17-15/h3-4,9-11H,5-8,16H2,1-2H3. The van der Waals surface area contributed by atoms with Gasteiger partial charge in [0, 0.05) is 18.8 Å². The number of rotatable bonds is 0. The molecule has 1 aromatic rings. The fourth-order valence-electron chi connectivity index (χ4n) is 2.74. The van der Waals surface area contributed by atoms with E-state index in [1.807, 2.05) is 18.2 Å². The monoisotopic (exact) mass is 259 g/mol. The number of nitrogens with zero attached hydrogens (tertiary/aromatic N) is 2. The van der Waals surface area contributed by atoms with E-state index in [4.69, 9.17) is 15.5 Å². The van der Waals surface area contributed by atoms with Crippen LogP contribution in [-0.2, 0) is 0 Å². The number of nitrogen functional groups attached to an aromatic ring is 1. The van der Waals surface area contributed by atoms with Crippen molar-refractivity contribution >= 4 is 17.2 Å². The average Bonchev–Trinajstić information content (AvgIpc) is 2.40. The van der Waals surface area contributed by atoms with Gasteiger partial charge in [0.25, 0.3) is 0 Å². The van der Waals surface area contributed by atoms with Crippen molar-refractivity contribution < 1.29 is 4.74 Å². The van der Waals surface area contributed by atoms with Gasteiger partial charge in [-0.2, -0.15) is 0 Å². The Morgan fingerprint density at radius 1 is 1.26 bits per heavy atom. The highest BCUT2D eigenvalue weighted by molar-refractivity contribution is 5.91. The van der Waals surface area contributed by atoms with Gasteiger partial charge in [-0.1, -0.05) is 6.92 Å². The number of fused-ring (bicyclic) bond motifs is 1. The van der Waals surface area contributed by atoms with Gasteiger partial charge >= 0.3 is 0 Å². The first-order chi connectivity index (χ1) is 9.13. The second-order valence-corrected chi connectivity index (χ2v) is 5.63. The SMILES string of the molecule is CC1CCN(C2=Nc3cc(N)ccc3OC2C)CC1. The minimum atomic E-state index is 0.0181. The Hall–Kier alpha value is -1.71. The molecule has 2 aliphatic heterocycles. The molecule has 4 heteroatoms. The molecule has 2 N–H and O–H groups in total. The molecule has 0 aromatic heterocycles. The molecule has 1 atom stereocenters. The van der Waals surface area contributed by atoms with Crippen molar-refractivity contribution in [1.82, 2.24) is 4.90 Å². The highest BCUT2D eigenvalue weighted by atomic mass is 16.5. The van der Waals surface area contributed by atoms with E-state index >= 15 is 0 Å². The minimum Gasteiger partial charge on any atom is -0.481 e. The Kier molecular flexibility index (Phi) is 3.09. The number of likely N-dealkylation sites (tertiary alicyclic amines) is 1. The lowest BCUT2D eigenvalue weighted by Gasteiger charge is -2.36. The van der Waals surface area contributed by atoms with Crippen molar-refractivity contribution in [2.24, 2.45) is 10.9 Å². The Bertz CT molecular complexity index is 504. The maximum absolute atomic E-state index is 5.95. The number of piperidine rings is 1. The van der Waals surface area contributed by atoms with Crippen LogP contribution in [0.1, 0.15) is 26.7 Å². The molecular weight excluding hydrogens is 238 g/mol. The third-order valence-corrected chi connectivity index (χ3v) is 3.99. The zero-order valence-corrected chi connectivity index (χ0v) is 11.6. The number of ether oxygens (including phenoxy) is 1. The lowest BCUT2D eigenvalue weighted by molar-refractivity contribution is 0.224. The van der Waals surface area contributed by atoms with Crippen LogP contribution in [0.3, 0.4) is 0 Å². The molecule has 2 heterocycles. The summed E-state index contributed by atoms with van der Waals surface area (Å²) in [7, 11) is 0. The maximum Gasteiger partial charge on any atom is 0.153 e. The van der Waals surface area contributed by atoms with E-state index in [1.165, 1.54) is 12.8 Å². The van der Waals surface area contributed by atoms with Gasteiger partial charge < -0.3 is 15.4 Å². The second kappa shape index (κ2) is 4.76. The molecule has 102 valence electrons. The maximum atomic E-state index is 5.95. The Morgan fingerprint density at radius 2 is 2.00 bits per heavy atom. The number of amidine groups is 1. The lowest BCUT2D eigenvalue weighted by atomic mass is 9.98. The molecule has 3 rings (SSSR count). The van der Waals surface area contributed by atoms with Gasteiger partial charge in [0.15, 0.2) is 6.10 Å². The van der Waals surface area contributed by atoms with Crippen LogP contribution in [0.2, 0.25) is 0 Å². The van der Waals surface area contributed by atoms with Crippen molar-refractivity contribution in [3.8, 4) is 5.75 Å². The molecule has 0 bridgehead atoms.